The Morgan fingerprint density at radius 2 is 1.79 bits per heavy atom. The quantitative estimate of drug-likeness (QED) is 0.382. The zero-order valence-electron chi connectivity index (χ0n) is 18.8. The van der Waals surface area contributed by atoms with Gasteiger partial charge in [-0.2, -0.15) is 5.10 Å². The lowest BCUT2D eigenvalue weighted by Crippen LogP contribution is -2.31. The molecule has 34 heavy (non-hydrogen) atoms. The van der Waals surface area contributed by atoms with Crippen LogP contribution in [0.4, 0.5) is 0 Å². The lowest BCUT2D eigenvalue weighted by atomic mass is 10.1. The fourth-order valence-corrected chi connectivity index (χ4v) is 3.81. The van der Waals surface area contributed by atoms with Crippen LogP contribution in [0.3, 0.4) is 0 Å². The van der Waals surface area contributed by atoms with E-state index in [-0.39, 0.29) is 30.5 Å². The van der Waals surface area contributed by atoms with Gasteiger partial charge < -0.3 is 14.6 Å². The lowest BCUT2D eigenvalue weighted by Gasteiger charge is -2.17. The molecule has 0 aliphatic rings. The topological polar surface area (TPSA) is 80.4 Å². The van der Waals surface area contributed by atoms with Gasteiger partial charge >= 0.3 is 0 Å². The molecule has 174 valence electrons. The molecule has 1 N–H and O–H groups in total. The summed E-state index contributed by atoms with van der Waals surface area (Å²) >= 11 is 6.34. The summed E-state index contributed by atoms with van der Waals surface area (Å²) in [6, 6.07) is 20.8. The molecule has 0 bridgehead atoms. The average Bonchev–Trinajstić information content (AvgIpc) is 3.51. The number of carbonyl (C=O) groups excluding carboxylic acids is 2. The van der Waals surface area contributed by atoms with E-state index in [9.17, 15) is 9.59 Å². The molecule has 2 aromatic carbocycles. The van der Waals surface area contributed by atoms with Gasteiger partial charge in [0, 0.05) is 48.9 Å². The summed E-state index contributed by atoms with van der Waals surface area (Å²) in [4.78, 5) is 26.3. The number of rotatable bonds is 9. The van der Waals surface area contributed by atoms with Crippen molar-refractivity contribution < 1.29 is 14.0 Å². The Morgan fingerprint density at radius 1 is 1.03 bits per heavy atom. The van der Waals surface area contributed by atoms with Gasteiger partial charge in [0.1, 0.15) is 0 Å². The molecule has 0 aliphatic heterocycles. The molecule has 0 saturated carbocycles. The van der Waals surface area contributed by atoms with Crippen LogP contribution >= 0.6 is 11.6 Å². The molecule has 0 saturated heterocycles. The van der Waals surface area contributed by atoms with Crippen LogP contribution in [-0.4, -0.2) is 40.1 Å². The number of furan rings is 1. The maximum absolute atomic E-state index is 12.7. The highest BCUT2D eigenvalue weighted by atomic mass is 35.5. The van der Waals surface area contributed by atoms with Crippen LogP contribution in [0.1, 0.15) is 28.1 Å². The van der Waals surface area contributed by atoms with E-state index in [0.717, 1.165) is 22.4 Å². The Bertz CT molecular complexity index is 1250. The molecule has 0 spiro atoms. The number of carbonyl (C=O) groups is 2. The van der Waals surface area contributed by atoms with Crippen LogP contribution in [0.25, 0.3) is 11.3 Å². The third-order valence-electron chi connectivity index (χ3n) is 5.38. The number of benzene rings is 2. The molecule has 0 atom stereocenters. The minimum absolute atomic E-state index is 0.0855. The smallest absolute Gasteiger partial charge is 0.286 e. The lowest BCUT2D eigenvalue weighted by molar-refractivity contribution is -0.130. The Kier molecular flexibility index (Phi) is 7.44. The van der Waals surface area contributed by atoms with Crippen molar-refractivity contribution in [1.29, 1.82) is 0 Å². The van der Waals surface area contributed by atoms with Gasteiger partial charge in [0.25, 0.3) is 5.91 Å². The molecule has 2 aromatic heterocycles. The molecule has 2 amide bonds. The van der Waals surface area contributed by atoms with E-state index in [1.165, 1.54) is 6.26 Å². The van der Waals surface area contributed by atoms with Gasteiger partial charge in [-0.05, 0) is 23.8 Å². The van der Waals surface area contributed by atoms with Gasteiger partial charge in [0.05, 0.1) is 18.5 Å². The summed E-state index contributed by atoms with van der Waals surface area (Å²) in [5.74, 6) is -0.204. The molecular weight excluding hydrogens is 452 g/mol. The van der Waals surface area contributed by atoms with Crippen molar-refractivity contribution >= 4 is 23.4 Å². The number of hydrogen-bond acceptors (Lipinski definition) is 4. The first-order chi connectivity index (χ1) is 16.5. The Labute approximate surface area is 202 Å². The molecule has 7 nitrogen and oxygen atoms in total. The molecule has 0 fully saturated rings. The number of nitrogens with one attached hydrogen (secondary N) is 1. The van der Waals surface area contributed by atoms with Crippen LogP contribution in [0.2, 0.25) is 5.02 Å². The molecule has 0 radical (unpaired) electrons. The van der Waals surface area contributed by atoms with Gasteiger partial charge in [-0.3, -0.25) is 14.3 Å². The fourth-order valence-electron chi connectivity index (χ4n) is 3.61. The highest BCUT2D eigenvalue weighted by Gasteiger charge is 2.17. The zero-order valence-corrected chi connectivity index (χ0v) is 19.5. The van der Waals surface area contributed by atoms with Crippen molar-refractivity contribution in [2.24, 2.45) is 0 Å². The minimum Gasteiger partial charge on any atom is -0.459 e. The predicted molar refractivity (Wildman–Crippen MR) is 130 cm³/mol. The fraction of sp³-hybridized carbons (Fsp3) is 0.192. The minimum atomic E-state index is -0.340. The molecule has 4 rings (SSSR count). The number of amides is 2. The highest BCUT2D eigenvalue weighted by Crippen LogP contribution is 2.24. The van der Waals surface area contributed by atoms with Crippen molar-refractivity contribution in [3.63, 3.8) is 0 Å². The van der Waals surface area contributed by atoms with Crippen molar-refractivity contribution in [2.45, 2.75) is 19.5 Å². The first kappa shape index (κ1) is 23.3. The third-order valence-corrected chi connectivity index (χ3v) is 5.75. The molecule has 8 heteroatoms. The van der Waals surface area contributed by atoms with Crippen LogP contribution in [0.15, 0.2) is 83.6 Å². The SMILES string of the molecule is CN(Cc1cn(Cc2ccccc2Cl)nc1-c1ccccc1)C(=O)CCNC(=O)c1ccco1. The molecule has 2 heterocycles. The highest BCUT2D eigenvalue weighted by molar-refractivity contribution is 6.31. The van der Waals surface area contributed by atoms with Crippen LogP contribution < -0.4 is 5.32 Å². The maximum Gasteiger partial charge on any atom is 0.286 e. The second-order valence-corrected chi connectivity index (χ2v) is 8.30. The van der Waals surface area contributed by atoms with Crippen LogP contribution in [0.5, 0.6) is 0 Å². The van der Waals surface area contributed by atoms with E-state index in [1.54, 1.807) is 24.1 Å². The normalized spacial score (nSPS) is 10.8. The van der Waals surface area contributed by atoms with E-state index in [2.05, 4.69) is 5.32 Å². The Hall–Kier alpha value is -3.84. The average molecular weight is 477 g/mol. The van der Waals surface area contributed by atoms with Crippen LogP contribution in [0, 0.1) is 0 Å². The van der Waals surface area contributed by atoms with Gasteiger partial charge in [-0.1, -0.05) is 60.1 Å². The van der Waals surface area contributed by atoms with Crippen molar-refractivity contribution in [3.8, 4) is 11.3 Å². The van der Waals surface area contributed by atoms with Crippen LogP contribution in [-0.2, 0) is 17.9 Å². The first-order valence-electron chi connectivity index (χ1n) is 10.9. The monoisotopic (exact) mass is 476 g/mol. The predicted octanol–water partition coefficient (Wildman–Crippen LogP) is 4.62. The third kappa shape index (κ3) is 5.74. The maximum atomic E-state index is 12.7. The second-order valence-electron chi connectivity index (χ2n) is 7.89. The largest absolute Gasteiger partial charge is 0.459 e. The van der Waals surface area contributed by atoms with E-state index in [1.807, 2.05) is 65.5 Å². The summed E-state index contributed by atoms with van der Waals surface area (Å²) < 4.78 is 6.91. The zero-order chi connectivity index (χ0) is 23.9. The number of hydrogen-bond donors (Lipinski definition) is 1. The van der Waals surface area contributed by atoms with E-state index in [0.29, 0.717) is 18.1 Å². The number of nitrogens with zero attached hydrogens (tertiary/aromatic N) is 3. The van der Waals surface area contributed by atoms with Gasteiger partial charge in [0.2, 0.25) is 5.91 Å². The number of aromatic nitrogens is 2. The number of halogens is 1. The van der Waals surface area contributed by atoms with E-state index in [4.69, 9.17) is 21.1 Å². The standard InChI is InChI=1S/C26H25ClN4O3/c1-30(24(32)13-14-28-26(33)23-12-7-15-34-23)16-21-18-31(17-20-10-5-6-11-22(20)27)29-25(21)19-8-3-2-4-9-19/h2-12,15,18H,13-14,16-17H2,1H3,(H,28,33). The summed E-state index contributed by atoms with van der Waals surface area (Å²) in [7, 11) is 1.75. The Morgan fingerprint density at radius 3 is 2.53 bits per heavy atom. The molecule has 4 aromatic rings. The van der Waals surface area contributed by atoms with Crippen molar-refractivity contribution in [1.82, 2.24) is 20.0 Å². The van der Waals surface area contributed by atoms with Crippen molar-refractivity contribution in [3.05, 3.63) is 101 Å². The van der Waals surface area contributed by atoms with Gasteiger partial charge in [-0.25, -0.2) is 0 Å². The second kappa shape index (κ2) is 10.9. The first-order valence-corrected chi connectivity index (χ1v) is 11.3. The summed E-state index contributed by atoms with van der Waals surface area (Å²) in [6.45, 7) is 1.13. The summed E-state index contributed by atoms with van der Waals surface area (Å²) in [5, 5.41) is 8.18. The van der Waals surface area contributed by atoms with E-state index >= 15 is 0 Å². The van der Waals surface area contributed by atoms with Crippen molar-refractivity contribution in [2.75, 3.05) is 13.6 Å². The van der Waals surface area contributed by atoms with Gasteiger partial charge in [-0.15, -0.1) is 0 Å². The van der Waals surface area contributed by atoms with Gasteiger partial charge in [0.15, 0.2) is 5.76 Å². The molecule has 0 aliphatic carbocycles. The molecule has 0 unspecified atom stereocenters. The van der Waals surface area contributed by atoms with E-state index < -0.39 is 0 Å². The summed E-state index contributed by atoms with van der Waals surface area (Å²) in [5.41, 5.74) is 3.68. The Balaban J connectivity index is 1.45. The molecular formula is C26H25ClN4O3. The summed E-state index contributed by atoms with van der Waals surface area (Å²) in [6.07, 6.45) is 3.57.